The van der Waals surface area contributed by atoms with Crippen molar-refractivity contribution in [1.82, 2.24) is 0 Å². The van der Waals surface area contributed by atoms with Crippen LogP contribution in [0.4, 0.5) is 0 Å². The summed E-state index contributed by atoms with van der Waals surface area (Å²) in [5.74, 6) is -2.37. The van der Waals surface area contributed by atoms with E-state index in [1.54, 1.807) is 0 Å². The van der Waals surface area contributed by atoms with Crippen LogP contribution in [-0.2, 0) is 0 Å². The zero-order valence-electron chi connectivity index (χ0n) is 8.78. The van der Waals surface area contributed by atoms with E-state index < -0.39 is 11.9 Å². The van der Waals surface area contributed by atoms with Crippen molar-refractivity contribution in [1.29, 1.82) is 0 Å². The summed E-state index contributed by atoms with van der Waals surface area (Å²) < 4.78 is 0. The Labute approximate surface area is 111 Å². The van der Waals surface area contributed by atoms with E-state index in [2.05, 4.69) is 0 Å². The Kier molecular flexibility index (Phi) is 3.15. The first-order valence-electron chi connectivity index (χ1n) is 4.80. The first-order valence-corrected chi connectivity index (χ1v) is 5.55. The van der Waals surface area contributed by atoms with Crippen LogP contribution in [0.2, 0.25) is 10.0 Å². The Morgan fingerprint density at radius 1 is 0.944 bits per heavy atom. The maximum absolute atomic E-state index is 11.0. The summed E-state index contributed by atoms with van der Waals surface area (Å²) in [5, 5.41) is 18.9. The highest BCUT2D eigenvalue weighted by atomic mass is 35.5. The quantitative estimate of drug-likeness (QED) is 0.884. The van der Waals surface area contributed by atoms with E-state index in [0.717, 1.165) is 0 Å². The van der Waals surface area contributed by atoms with Crippen molar-refractivity contribution in [2.24, 2.45) is 0 Å². The number of hydrogen-bond donors (Lipinski definition) is 2. The lowest BCUT2D eigenvalue weighted by atomic mass is 10.0. The topological polar surface area (TPSA) is 74.6 Å². The molecule has 6 heteroatoms. The molecule has 0 aliphatic heterocycles. The van der Waals surface area contributed by atoms with E-state index in [1.807, 2.05) is 0 Å². The first-order chi connectivity index (χ1) is 8.41. The summed E-state index contributed by atoms with van der Waals surface area (Å²) in [6.45, 7) is 0. The standard InChI is InChI=1S/C12H6Cl2O4/c13-9-3-5-1-2-6(11(15)16)10(14)7(5)4-8(9)12(17)18/h1-4H,(H,15,16)(H,17,18). The van der Waals surface area contributed by atoms with Gasteiger partial charge in [-0.1, -0.05) is 29.3 Å². The van der Waals surface area contributed by atoms with Crippen LogP contribution in [0.3, 0.4) is 0 Å². The van der Waals surface area contributed by atoms with Crippen LogP contribution in [-0.4, -0.2) is 22.2 Å². The second kappa shape index (κ2) is 4.48. The molecule has 0 radical (unpaired) electrons. The normalized spacial score (nSPS) is 10.6. The third kappa shape index (κ3) is 2.00. The van der Waals surface area contributed by atoms with Crippen molar-refractivity contribution < 1.29 is 19.8 Å². The van der Waals surface area contributed by atoms with Gasteiger partial charge in [-0.25, -0.2) is 9.59 Å². The van der Waals surface area contributed by atoms with Crippen molar-refractivity contribution in [2.45, 2.75) is 0 Å². The summed E-state index contributed by atoms with van der Waals surface area (Å²) in [6, 6.07) is 5.60. The Balaban J connectivity index is 2.84. The lowest BCUT2D eigenvalue weighted by molar-refractivity contribution is 0.0687. The summed E-state index contributed by atoms with van der Waals surface area (Å²) in [4.78, 5) is 21.9. The first kappa shape index (κ1) is 12.7. The van der Waals surface area contributed by atoms with Gasteiger partial charge in [0.1, 0.15) is 0 Å². The van der Waals surface area contributed by atoms with Crippen LogP contribution in [0.15, 0.2) is 24.3 Å². The molecule has 0 aliphatic rings. The third-order valence-electron chi connectivity index (χ3n) is 2.50. The van der Waals surface area contributed by atoms with Gasteiger partial charge in [0.05, 0.1) is 21.2 Å². The van der Waals surface area contributed by atoms with Crippen molar-refractivity contribution in [3.63, 3.8) is 0 Å². The number of hydrogen-bond acceptors (Lipinski definition) is 2. The molecule has 0 spiro atoms. The monoisotopic (exact) mass is 284 g/mol. The van der Waals surface area contributed by atoms with Gasteiger partial charge >= 0.3 is 11.9 Å². The molecule has 2 aromatic rings. The molecule has 0 heterocycles. The van der Waals surface area contributed by atoms with E-state index in [4.69, 9.17) is 33.4 Å². The minimum Gasteiger partial charge on any atom is -0.478 e. The predicted octanol–water partition coefficient (Wildman–Crippen LogP) is 3.54. The molecule has 2 rings (SSSR count). The zero-order valence-corrected chi connectivity index (χ0v) is 10.3. The highest BCUT2D eigenvalue weighted by Gasteiger charge is 2.15. The van der Waals surface area contributed by atoms with Crippen molar-refractivity contribution in [3.05, 3.63) is 45.4 Å². The molecule has 0 saturated heterocycles. The fourth-order valence-corrected chi connectivity index (χ4v) is 2.20. The van der Waals surface area contributed by atoms with Gasteiger partial charge in [0.25, 0.3) is 0 Å². The van der Waals surface area contributed by atoms with Crippen LogP contribution in [0, 0.1) is 0 Å². The molecular weight excluding hydrogens is 279 g/mol. The third-order valence-corrected chi connectivity index (χ3v) is 3.22. The molecule has 0 fully saturated rings. The highest BCUT2D eigenvalue weighted by Crippen LogP contribution is 2.31. The molecule has 0 amide bonds. The van der Waals surface area contributed by atoms with Gasteiger partial charge in [0, 0.05) is 5.39 Å². The molecule has 0 atom stereocenters. The van der Waals surface area contributed by atoms with Crippen molar-refractivity contribution in [3.8, 4) is 0 Å². The number of aromatic carboxylic acids is 2. The lowest BCUT2D eigenvalue weighted by Crippen LogP contribution is -2.00. The minimum absolute atomic E-state index is 0.000772. The average molecular weight is 285 g/mol. The number of carbonyl (C=O) groups is 2. The fraction of sp³-hybridized carbons (Fsp3) is 0. The highest BCUT2D eigenvalue weighted by molar-refractivity contribution is 6.39. The molecule has 0 unspecified atom stereocenters. The van der Waals surface area contributed by atoms with Gasteiger partial charge in [-0.3, -0.25) is 0 Å². The van der Waals surface area contributed by atoms with Crippen molar-refractivity contribution >= 4 is 45.9 Å². The average Bonchev–Trinajstić information content (AvgIpc) is 2.27. The van der Waals surface area contributed by atoms with Crippen LogP contribution in [0.5, 0.6) is 0 Å². The van der Waals surface area contributed by atoms with E-state index in [-0.39, 0.29) is 21.2 Å². The molecule has 0 bridgehead atoms. The molecule has 18 heavy (non-hydrogen) atoms. The second-order valence-corrected chi connectivity index (χ2v) is 4.38. The maximum Gasteiger partial charge on any atom is 0.337 e. The van der Waals surface area contributed by atoms with Gasteiger partial charge in [-0.15, -0.1) is 0 Å². The van der Waals surface area contributed by atoms with Crippen LogP contribution < -0.4 is 0 Å². The van der Waals surface area contributed by atoms with Crippen molar-refractivity contribution in [2.75, 3.05) is 0 Å². The Bertz CT molecular complexity index is 679. The molecule has 0 aliphatic carbocycles. The number of carboxylic acids is 2. The molecule has 0 aromatic heterocycles. The molecule has 92 valence electrons. The number of rotatable bonds is 2. The Hall–Kier alpha value is -1.78. The number of fused-ring (bicyclic) bond motifs is 1. The van der Waals surface area contributed by atoms with Crippen LogP contribution in [0.1, 0.15) is 20.7 Å². The minimum atomic E-state index is -1.20. The summed E-state index contributed by atoms with van der Waals surface area (Å²) >= 11 is 11.8. The maximum atomic E-state index is 11.0. The SMILES string of the molecule is O=C(O)c1cc2c(Cl)c(C(=O)O)ccc2cc1Cl. The van der Waals surface area contributed by atoms with Gasteiger partial charge in [0.15, 0.2) is 0 Å². The van der Waals surface area contributed by atoms with E-state index in [0.29, 0.717) is 10.8 Å². The number of carboxylic acid groups (broad SMARTS) is 2. The summed E-state index contributed by atoms with van der Waals surface area (Å²) in [7, 11) is 0. The van der Waals surface area contributed by atoms with Gasteiger partial charge in [-0.2, -0.15) is 0 Å². The molecular formula is C12H6Cl2O4. The van der Waals surface area contributed by atoms with E-state index in [1.165, 1.54) is 24.3 Å². The van der Waals surface area contributed by atoms with Crippen LogP contribution >= 0.6 is 23.2 Å². The summed E-state index contributed by atoms with van der Waals surface area (Å²) in [5.41, 5.74) is -0.198. The van der Waals surface area contributed by atoms with Gasteiger partial charge in [-0.05, 0) is 23.6 Å². The van der Waals surface area contributed by atoms with E-state index in [9.17, 15) is 9.59 Å². The van der Waals surface area contributed by atoms with Crippen LogP contribution in [0.25, 0.3) is 10.8 Å². The fourth-order valence-electron chi connectivity index (χ4n) is 1.64. The number of benzene rings is 2. The zero-order chi connectivity index (χ0) is 13.4. The largest absolute Gasteiger partial charge is 0.478 e. The van der Waals surface area contributed by atoms with E-state index >= 15 is 0 Å². The molecule has 0 saturated carbocycles. The smallest absolute Gasteiger partial charge is 0.337 e. The van der Waals surface area contributed by atoms with Gasteiger partial charge in [0.2, 0.25) is 0 Å². The predicted molar refractivity (Wildman–Crippen MR) is 67.9 cm³/mol. The molecule has 2 aromatic carbocycles. The molecule has 2 N–H and O–H groups in total. The Morgan fingerprint density at radius 3 is 2.11 bits per heavy atom. The Morgan fingerprint density at radius 2 is 1.56 bits per heavy atom. The van der Waals surface area contributed by atoms with Gasteiger partial charge < -0.3 is 10.2 Å². The second-order valence-electron chi connectivity index (χ2n) is 3.59. The number of halogens is 2. The molecule has 4 nitrogen and oxygen atoms in total. The lowest BCUT2D eigenvalue weighted by Gasteiger charge is -2.07. The summed E-state index contributed by atoms with van der Waals surface area (Å²) in [6.07, 6.45) is 0.